The number of hydrogen-bond acceptors (Lipinski definition) is 24. The zero-order chi connectivity index (χ0) is 98.1. The number of carbonyl (C=O) groups excluding carboxylic acids is 5. The predicted octanol–water partition coefficient (Wildman–Crippen LogP) is 16.1. The normalized spacial score (nSPS) is 21.9. The number of nitriles is 1. The highest BCUT2D eigenvalue weighted by Crippen LogP contribution is 2.47. The van der Waals surface area contributed by atoms with Gasteiger partial charge >= 0.3 is 30.3 Å². The predicted molar refractivity (Wildman–Crippen MR) is 529 cm³/mol. The third kappa shape index (κ3) is 19.6. The number of carboxylic acid groups (broad SMARTS) is 1. The number of fused-ring (bicyclic) bond motifs is 13. The molecule has 21 rings (SSSR count). The molecule has 0 radical (unpaired) electrons. The number of aryl methyl sites for hydroxylation is 10. The van der Waals surface area contributed by atoms with Crippen LogP contribution in [-0.2, 0) is 119 Å². The van der Waals surface area contributed by atoms with Gasteiger partial charge in [-0.2, -0.15) is 35.2 Å². The maximum absolute atomic E-state index is 12.7. The average Bonchev–Trinajstić information content (AvgIpc) is 1.59. The number of carboxylic acids is 1. The third-order valence-corrected chi connectivity index (χ3v) is 33.3. The number of ether oxygens (including phenoxy) is 4. The summed E-state index contributed by atoms with van der Waals surface area (Å²) in [5.41, 5.74) is 17.4. The molecule has 2 saturated carbocycles. The van der Waals surface area contributed by atoms with Crippen LogP contribution in [0.15, 0.2) is 128 Å². The topological polar surface area (TPSA) is 415 Å². The van der Waals surface area contributed by atoms with Crippen LogP contribution in [0.5, 0.6) is 0 Å². The van der Waals surface area contributed by atoms with Gasteiger partial charge in [0, 0.05) is 107 Å². The van der Waals surface area contributed by atoms with Gasteiger partial charge in [0.2, 0.25) is 0 Å². The fourth-order valence-corrected chi connectivity index (χ4v) is 26.1. The van der Waals surface area contributed by atoms with E-state index in [4.69, 9.17) is 38.9 Å². The van der Waals surface area contributed by atoms with Crippen molar-refractivity contribution in [1.29, 1.82) is 5.26 Å². The van der Waals surface area contributed by atoms with Crippen molar-refractivity contribution < 1.29 is 69.7 Å². The number of nitrogens with zero attached hydrogens (tertiary/aromatic N) is 21. The van der Waals surface area contributed by atoms with E-state index in [1.807, 2.05) is 86.1 Å². The molecule has 1 N–H and O–H groups in total. The van der Waals surface area contributed by atoms with Crippen LogP contribution in [0.2, 0.25) is 0 Å². The first-order valence-corrected chi connectivity index (χ1v) is 52.6. The largest absolute Gasteiger partial charge is 0.481 e. The first-order valence-electron chi connectivity index (χ1n) is 48.9. The van der Waals surface area contributed by atoms with Crippen molar-refractivity contribution in [2.24, 2.45) is 11.8 Å². The van der Waals surface area contributed by atoms with Crippen LogP contribution in [0.4, 0.5) is 41.9 Å². The number of Topliss-reactive ketones (excluding diaryl/α,β-unsaturated/α-hetero) is 1. The smallest absolute Gasteiger partial charge is 0.414 e. The lowest BCUT2D eigenvalue weighted by atomic mass is 9.83. The van der Waals surface area contributed by atoms with Crippen molar-refractivity contribution in [2.45, 2.75) is 257 Å². The van der Waals surface area contributed by atoms with Crippen molar-refractivity contribution in [3.8, 4) is 6.07 Å². The Bertz CT molecular complexity index is 6910. The highest BCUT2D eigenvalue weighted by molar-refractivity contribution is 7.91. The van der Waals surface area contributed by atoms with Gasteiger partial charge in [-0.05, 0) is 235 Å². The Balaban J connectivity index is 0.000000124. The van der Waals surface area contributed by atoms with Crippen LogP contribution in [0.3, 0.4) is 0 Å². The molecule has 736 valence electrons. The third-order valence-electron chi connectivity index (χ3n) is 29.7. The molecule has 8 aromatic heterocycles. The van der Waals surface area contributed by atoms with Gasteiger partial charge in [0.25, 0.3) is 0 Å². The molecule has 8 atom stereocenters. The summed E-state index contributed by atoms with van der Waals surface area (Å²) < 4.78 is 81.0. The summed E-state index contributed by atoms with van der Waals surface area (Å²) in [5, 5.41) is 36.6. The Morgan fingerprint density at radius 1 is 0.421 bits per heavy atom. The van der Waals surface area contributed by atoms with Crippen molar-refractivity contribution in [3.05, 3.63) is 185 Å². The molecule has 140 heavy (non-hydrogen) atoms. The number of hydrogen-bond donors (Lipinski definition) is 1. The minimum Gasteiger partial charge on any atom is -0.481 e. The fraction of sp³-hybridized carbons (Fsp3) is 0.490. The molecule has 38 heteroatoms. The van der Waals surface area contributed by atoms with Gasteiger partial charge in [-0.25, -0.2) is 60.9 Å². The number of rotatable bonds is 17. The van der Waals surface area contributed by atoms with E-state index < -0.39 is 25.6 Å². The van der Waals surface area contributed by atoms with Crippen LogP contribution < -0.4 is 19.6 Å². The van der Waals surface area contributed by atoms with Gasteiger partial charge in [-0.1, -0.05) is 36.8 Å². The Kier molecular flexibility index (Phi) is 28.5. The lowest BCUT2D eigenvalue weighted by Crippen LogP contribution is -2.42. The van der Waals surface area contributed by atoms with Crippen molar-refractivity contribution in [1.82, 2.24) is 77.7 Å². The van der Waals surface area contributed by atoms with E-state index in [1.165, 1.54) is 34.0 Å². The quantitative estimate of drug-likeness (QED) is 0.0827. The van der Waals surface area contributed by atoms with Gasteiger partial charge < -0.3 is 46.9 Å². The Labute approximate surface area is 812 Å². The summed E-state index contributed by atoms with van der Waals surface area (Å²) in [6.07, 6.45) is 26.1. The second kappa shape index (κ2) is 41.2. The highest BCUT2D eigenvalue weighted by Gasteiger charge is 2.41. The molecule has 4 fully saturated rings. The molecule has 5 aromatic carbocycles. The maximum Gasteiger partial charge on any atom is 0.414 e. The summed E-state index contributed by atoms with van der Waals surface area (Å²) in [6.45, 7) is 11.4. The first kappa shape index (κ1) is 96.8. The van der Waals surface area contributed by atoms with Crippen molar-refractivity contribution in [2.75, 3.05) is 71.1 Å². The summed E-state index contributed by atoms with van der Waals surface area (Å²) in [4.78, 5) is 109. The van der Waals surface area contributed by atoms with E-state index in [2.05, 4.69) is 93.0 Å². The molecule has 6 aliphatic heterocycles. The number of amides is 4. The Morgan fingerprint density at radius 2 is 0.814 bits per heavy atom. The number of carbonyl (C=O) groups is 6. The van der Waals surface area contributed by atoms with E-state index in [1.54, 1.807) is 67.0 Å². The molecule has 0 bridgehead atoms. The van der Waals surface area contributed by atoms with E-state index in [-0.39, 0.29) is 113 Å². The van der Waals surface area contributed by atoms with Gasteiger partial charge in [-0.3, -0.25) is 29.2 Å². The molecule has 2 saturated heterocycles. The Morgan fingerprint density at radius 3 is 1.21 bits per heavy atom. The summed E-state index contributed by atoms with van der Waals surface area (Å²) in [7, 11) is -0.579. The second-order valence-electron chi connectivity index (χ2n) is 38.4. The summed E-state index contributed by atoms with van der Waals surface area (Å²) in [6, 6.07) is 34.4. The van der Waals surface area contributed by atoms with Crippen LogP contribution in [0.1, 0.15) is 218 Å². The lowest BCUT2D eigenvalue weighted by Gasteiger charge is -2.34. The number of anilines is 4. The number of methoxy groups -OCH3 is 4. The zero-order valence-electron chi connectivity index (χ0n) is 80.7. The van der Waals surface area contributed by atoms with Crippen molar-refractivity contribution in [3.63, 3.8) is 0 Å². The molecule has 14 heterocycles. The number of pyridine rings is 1. The number of aromatic nitrogens is 16. The van der Waals surface area contributed by atoms with E-state index >= 15 is 0 Å². The number of sulfone groups is 2. The standard InChI is InChI=1S/C30H32N6O3.C28H33N3O4.2C22H28N6O4S/c1-18-7-10-24-25(35(18)30(38)39-3)11-12-26-28(24)33-27(36(26)23-6-4-5-21(15-23)19(2)37)17-34-14-13-20-8-9-22(16-31)32-29(20)34;1-18-8-14-22-23(30(18)28(34)35-2)15-16-24-26(22)29-25(17-9-19-6-4-3-5-7-19)31(24)21-12-10-20(11-13-21)27(32)33;2*1-15-5-6-17-18(27(15)22(29)32-2)7-8-19-21(17)25-20(9-12-26-23-10-11-24-26)28(19)16-4-3-13-33(30,31)14-16/h8-9,11-14,18,21,23H,4-7,10,15,17H2,1-3H3;3-7,15-16,18,20-21H,8-14,17H2,1-2H3,(H,32,33);2*7-8,10-11,15-16H,3-6,9,12-14H2,1-2H3/t18-,21+,23+;18-,20?,21?;15-,16+;15-,16-/m0000/s1. The second-order valence-corrected chi connectivity index (χ2v) is 42.9. The van der Waals surface area contributed by atoms with E-state index in [0.29, 0.717) is 63.9 Å². The van der Waals surface area contributed by atoms with Crippen LogP contribution in [0, 0.1) is 23.2 Å². The SMILES string of the molecule is COC(=O)N1c2ccc3c(nc(CCc4ccccc4)n3C3CCC(C(=O)O)CC3)c2CC[C@@H]1C.COC(=O)N1c2ccc3c(nc(CCn4nccn4)n3[C@@H]3CCCS(=O)(=O)C3)c2CC[C@@H]1C.COC(=O)N1c2ccc3c(nc(CCn4nccn4)n3[C@H]3CCCS(=O)(=O)C3)c2CC[C@@H]1C.COC(=O)N1c2ccc3c(nc(Cn4ccc5ccc(C#N)nc54)n3[C@@H]3CCC[C@@H](C(C)=O)C3)c2CC[C@@H]1C. The molecule has 4 amide bonds. The number of benzene rings is 5. The molecule has 0 spiro atoms. The van der Waals surface area contributed by atoms with Crippen LogP contribution in [-0.4, -0.2) is 211 Å². The van der Waals surface area contributed by atoms with Crippen LogP contribution in [0.25, 0.3) is 55.2 Å². The number of imidazole rings is 4. The molecule has 2 aliphatic carbocycles. The highest BCUT2D eigenvalue weighted by atomic mass is 32.2. The Hall–Kier alpha value is -13.4. The van der Waals surface area contributed by atoms with Crippen LogP contribution >= 0.6 is 0 Å². The van der Waals surface area contributed by atoms with Gasteiger partial charge in [0.1, 0.15) is 46.5 Å². The summed E-state index contributed by atoms with van der Waals surface area (Å²) in [5.74, 6) is 3.64. The molecular weight excluding hydrogens is 1820 g/mol. The molecular formula is C102H121N21O15S2. The minimum absolute atomic E-state index is 0.0262. The first-order chi connectivity index (χ1) is 67.6. The fourth-order valence-electron chi connectivity index (χ4n) is 22.7. The molecule has 13 aromatic rings. The maximum atomic E-state index is 12.7. The number of ketones is 1. The number of aliphatic carboxylic acids is 1. The van der Waals surface area contributed by atoms with Gasteiger partial charge in [0.05, 0.1) is 169 Å². The monoisotopic (exact) mass is 1940 g/mol. The van der Waals surface area contributed by atoms with E-state index in [9.17, 15) is 56.0 Å². The molecule has 36 nitrogen and oxygen atoms in total. The summed E-state index contributed by atoms with van der Waals surface area (Å²) >= 11 is 0. The lowest BCUT2D eigenvalue weighted by molar-refractivity contribution is -0.143. The van der Waals surface area contributed by atoms with Crippen molar-refractivity contribution >= 4 is 134 Å². The van der Waals surface area contributed by atoms with E-state index in [0.717, 1.165) is 239 Å². The van der Waals surface area contributed by atoms with Gasteiger partial charge in [-0.15, -0.1) is 0 Å². The molecule has 8 aliphatic rings. The molecule has 0 unspecified atom stereocenters. The minimum atomic E-state index is -3.10. The zero-order valence-corrected chi connectivity index (χ0v) is 82.3. The van der Waals surface area contributed by atoms with Gasteiger partial charge in [0.15, 0.2) is 19.7 Å². The average molecular weight is 1950 g/mol.